The van der Waals surface area contributed by atoms with Gasteiger partial charge in [0.1, 0.15) is 0 Å². The standard InChI is InChI=1S/C5H9NO/c6-4-2-1-3-5(4)7/h1-2,4-5,7H,3,6H2/t4-,5-/m1/s1. The molecule has 2 atom stereocenters. The second-order valence-corrected chi connectivity index (χ2v) is 1.81. The summed E-state index contributed by atoms with van der Waals surface area (Å²) in [6.45, 7) is 0. The minimum absolute atomic E-state index is 0.111. The van der Waals surface area contributed by atoms with Gasteiger partial charge in [-0.05, 0) is 6.42 Å². The molecule has 0 fully saturated rings. The Kier molecular flexibility index (Phi) is 1.13. The Bertz CT molecular complexity index is 90.1. The van der Waals surface area contributed by atoms with Gasteiger partial charge in [-0.3, -0.25) is 0 Å². The normalized spacial score (nSPS) is 39.7. The quantitative estimate of drug-likeness (QED) is 0.407. The lowest BCUT2D eigenvalue weighted by Gasteiger charge is -2.04. The summed E-state index contributed by atoms with van der Waals surface area (Å²) in [4.78, 5) is 0. The molecule has 0 heterocycles. The van der Waals surface area contributed by atoms with Gasteiger partial charge in [0.05, 0.1) is 6.10 Å². The van der Waals surface area contributed by atoms with E-state index in [4.69, 9.17) is 10.8 Å². The molecule has 0 aromatic rings. The molecule has 0 spiro atoms. The molecule has 0 unspecified atom stereocenters. The van der Waals surface area contributed by atoms with E-state index >= 15 is 0 Å². The number of aliphatic hydroxyl groups is 1. The predicted molar refractivity (Wildman–Crippen MR) is 27.7 cm³/mol. The van der Waals surface area contributed by atoms with E-state index in [2.05, 4.69) is 0 Å². The van der Waals surface area contributed by atoms with Gasteiger partial charge in [-0.25, -0.2) is 0 Å². The maximum Gasteiger partial charge on any atom is 0.0761 e. The van der Waals surface area contributed by atoms with Crippen LogP contribution in [0.4, 0.5) is 0 Å². The summed E-state index contributed by atoms with van der Waals surface area (Å²) in [6.07, 6.45) is 4.13. The summed E-state index contributed by atoms with van der Waals surface area (Å²) in [5.41, 5.74) is 5.34. The van der Waals surface area contributed by atoms with Gasteiger partial charge in [0.15, 0.2) is 0 Å². The lowest BCUT2D eigenvalue weighted by Crippen LogP contribution is -2.28. The van der Waals surface area contributed by atoms with Gasteiger partial charge < -0.3 is 10.8 Å². The fraction of sp³-hybridized carbons (Fsp3) is 0.600. The van der Waals surface area contributed by atoms with Crippen LogP contribution >= 0.6 is 0 Å². The average molecular weight is 99.1 g/mol. The average Bonchev–Trinajstić information content (AvgIpc) is 1.91. The summed E-state index contributed by atoms with van der Waals surface area (Å²) in [5.74, 6) is 0. The van der Waals surface area contributed by atoms with Crippen molar-refractivity contribution in [1.29, 1.82) is 0 Å². The maximum atomic E-state index is 8.81. The Morgan fingerprint density at radius 1 is 1.71 bits per heavy atom. The number of hydrogen-bond donors (Lipinski definition) is 2. The summed E-state index contributed by atoms with van der Waals surface area (Å²) >= 11 is 0. The highest BCUT2D eigenvalue weighted by molar-refractivity contribution is 5.04. The summed E-state index contributed by atoms with van der Waals surface area (Å²) in [5, 5.41) is 8.81. The second kappa shape index (κ2) is 1.64. The molecule has 0 aliphatic heterocycles. The topological polar surface area (TPSA) is 46.2 Å². The van der Waals surface area contributed by atoms with Crippen molar-refractivity contribution in [3.05, 3.63) is 12.2 Å². The van der Waals surface area contributed by atoms with E-state index < -0.39 is 0 Å². The van der Waals surface area contributed by atoms with E-state index in [-0.39, 0.29) is 12.1 Å². The van der Waals surface area contributed by atoms with Crippen molar-refractivity contribution < 1.29 is 5.11 Å². The lowest BCUT2D eigenvalue weighted by atomic mass is 10.2. The molecule has 40 valence electrons. The first-order valence-electron chi connectivity index (χ1n) is 2.41. The molecular formula is C5H9NO. The third-order valence-corrected chi connectivity index (χ3v) is 1.18. The summed E-state index contributed by atoms with van der Waals surface area (Å²) < 4.78 is 0. The molecular weight excluding hydrogens is 90.1 g/mol. The highest BCUT2D eigenvalue weighted by atomic mass is 16.3. The number of nitrogens with two attached hydrogens (primary N) is 1. The van der Waals surface area contributed by atoms with Crippen LogP contribution in [0.1, 0.15) is 6.42 Å². The first kappa shape index (κ1) is 4.81. The van der Waals surface area contributed by atoms with Crippen LogP contribution < -0.4 is 5.73 Å². The number of aliphatic hydroxyl groups excluding tert-OH is 1. The van der Waals surface area contributed by atoms with Crippen LogP contribution in [0.3, 0.4) is 0 Å². The minimum Gasteiger partial charge on any atom is -0.391 e. The number of hydrogen-bond acceptors (Lipinski definition) is 2. The highest BCUT2D eigenvalue weighted by Gasteiger charge is 2.13. The van der Waals surface area contributed by atoms with E-state index in [1.54, 1.807) is 0 Å². The van der Waals surface area contributed by atoms with Gasteiger partial charge in [0, 0.05) is 6.04 Å². The smallest absolute Gasteiger partial charge is 0.0761 e. The van der Waals surface area contributed by atoms with Gasteiger partial charge in [-0.1, -0.05) is 12.2 Å². The molecule has 0 radical (unpaired) electrons. The monoisotopic (exact) mass is 99.1 g/mol. The van der Waals surface area contributed by atoms with Crippen LogP contribution in [-0.2, 0) is 0 Å². The largest absolute Gasteiger partial charge is 0.391 e. The molecule has 2 nitrogen and oxygen atoms in total. The van der Waals surface area contributed by atoms with E-state index in [1.807, 2.05) is 12.2 Å². The summed E-state index contributed by atoms with van der Waals surface area (Å²) in [7, 11) is 0. The second-order valence-electron chi connectivity index (χ2n) is 1.81. The van der Waals surface area contributed by atoms with Gasteiger partial charge >= 0.3 is 0 Å². The molecule has 1 rings (SSSR count). The van der Waals surface area contributed by atoms with Gasteiger partial charge in [0.2, 0.25) is 0 Å². The fourth-order valence-electron chi connectivity index (χ4n) is 0.661. The lowest BCUT2D eigenvalue weighted by molar-refractivity contribution is 0.172. The van der Waals surface area contributed by atoms with E-state index in [0.717, 1.165) is 6.42 Å². The van der Waals surface area contributed by atoms with Crippen LogP contribution in [0, 0.1) is 0 Å². The van der Waals surface area contributed by atoms with E-state index in [1.165, 1.54) is 0 Å². The predicted octanol–water partition coefficient (Wildman–Crippen LogP) is -0.365. The zero-order valence-corrected chi connectivity index (χ0v) is 4.04. The fourth-order valence-corrected chi connectivity index (χ4v) is 0.661. The minimum atomic E-state index is -0.319. The van der Waals surface area contributed by atoms with E-state index in [0.29, 0.717) is 0 Å². The van der Waals surface area contributed by atoms with Crippen molar-refractivity contribution in [2.75, 3.05) is 0 Å². The van der Waals surface area contributed by atoms with Crippen molar-refractivity contribution in [3.8, 4) is 0 Å². The Hall–Kier alpha value is -0.340. The Labute approximate surface area is 42.6 Å². The summed E-state index contributed by atoms with van der Waals surface area (Å²) in [6, 6.07) is -0.111. The molecule has 0 aromatic heterocycles. The molecule has 0 bridgehead atoms. The van der Waals surface area contributed by atoms with Crippen LogP contribution in [0.25, 0.3) is 0 Å². The van der Waals surface area contributed by atoms with Crippen molar-refractivity contribution >= 4 is 0 Å². The van der Waals surface area contributed by atoms with Crippen LogP contribution in [0.5, 0.6) is 0 Å². The third-order valence-electron chi connectivity index (χ3n) is 1.18. The van der Waals surface area contributed by atoms with Crippen LogP contribution in [0.15, 0.2) is 12.2 Å². The SMILES string of the molecule is N[C@@H]1C=CC[C@H]1O. The molecule has 0 saturated carbocycles. The first-order chi connectivity index (χ1) is 3.30. The van der Waals surface area contributed by atoms with Crippen molar-refractivity contribution in [1.82, 2.24) is 0 Å². The molecule has 0 saturated heterocycles. The maximum absolute atomic E-state index is 8.81. The van der Waals surface area contributed by atoms with Crippen LogP contribution in [0.2, 0.25) is 0 Å². The molecule has 2 heteroatoms. The number of rotatable bonds is 0. The zero-order valence-electron chi connectivity index (χ0n) is 4.04. The molecule has 7 heavy (non-hydrogen) atoms. The van der Waals surface area contributed by atoms with E-state index in [9.17, 15) is 0 Å². The zero-order chi connectivity index (χ0) is 5.28. The van der Waals surface area contributed by atoms with Crippen molar-refractivity contribution in [2.24, 2.45) is 5.73 Å². The molecule has 1 aliphatic rings. The van der Waals surface area contributed by atoms with Gasteiger partial charge in [-0.2, -0.15) is 0 Å². The van der Waals surface area contributed by atoms with Gasteiger partial charge in [0.25, 0.3) is 0 Å². The molecule has 3 N–H and O–H groups in total. The van der Waals surface area contributed by atoms with Crippen molar-refractivity contribution in [3.63, 3.8) is 0 Å². The Morgan fingerprint density at radius 2 is 2.43 bits per heavy atom. The molecule has 0 aromatic carbocycles. The Morgan fingerprint density at radius 3 is 2.57 bits per heavy atom. The first-order valence-corrected chi connectivity index (χ1v) is 2.41. The van der Waals surface area contributed by atoms with Gasteiger partial charge in [-0.15, -0.1) is 0 Å². The highest BCUT2D eigenvalue weighted by Crippen LogP contribution is 2.06. The Balaban J connectivity index is 2.45. The van der Waals surface area contributed by atoms with Crippen molar-refractivity contribution in [2.45, 2.75) is 18.6 Å². The molecule has 0 amide bonds. The third kappa shape index (κ3) is 0.813. The molecule has 1 aliphatic carbocycles. The van der Waals surface area contributed by atoms with Crippen LogP contribution in [-0.4, -0.2) is 17.3 Å².